The van der Waals surface area contributed by atoms with Crippen LogP contribution in [0.1, 0.15) is 23.9 Å². The van der Waals surface area contributed by atoms with Crippen LogP contribution in [0.15, 0.2) is 24.3 Å². The molecule has 0 fully saturated rings. The topological polar surface area (TPSA) is 56.5 Å². The smallest absolute Gasteiger partial charge is 0.161 e. The summed E-state index contributed by atoms with van der Waals surface area (Å²) in [5.41, 5.74) is 2.74. The highest BCUT2D eigenvalue weighted by atomic mass is 16.5. The fraction of sp³-hybridized carbons (Fsp3) is 0.438. The van der Waals surface area contributed by atoms with Crippen LogP contribution in [-0.2, 0) is 13.2 Å². The molecule has 1 aromatic heterocycles. The van der Waals surface area contributed by atoms with Crippen LogP contribution in [-0.4, -0.2) is 28.1 Å². The van der Waals surface area contributed by atoms with Crippen molar-refractivity contribution in [1.29, 1.82) is 0 Å². The van der Waals surface area contributed by atoms with Crippen LogP contribution < -0.4 is 9.47 Å². The summed E-state index contributed by atoms with van der Waals surface area (Å²) < 4.78 is 13.2. The lowest BCUT2D eigenvalue weighted by molar-refractivity contribution is 0.260. The molecular formula is C16H22N2O3. The number of hydrogen-bond acceptors (Lipinski definition) is 4. The minimum atomic E-state index is 0.0195. The molecule has 1 heterocycles. The number of nitrogens with zero attached hydrogens (tertiary/aromatic N) is 2. The summed E-state index contributed by atoms with van der Waals surface area (Å²) in [7, 11) is 0. The minimum Gasteiger partial charge on any atom is -0.490 e. The average molecular weight is 290 g/mol. The van der Waals surface area contributed by atoms with Gasteiger partial charge in [0.15, 0.2) is 11.5 Å². The van der Waals surface area contributed by atoms with Crippen LogP contribution in [0.2, 0.25) is 0 Å². The van der Waals surface area contributed by atoms with Gasteiger partial charge in [-0.25, -0.2) is 0 Å². The Bertz CT molecular complexity index is 593. The van der Waals surface area contributed by atoms with E-state index in [2.05, 4.69) is 5.10 Å². The van der Waals surface area contributed by atoms with Crippen LogP contribution >= 0.6 is 0 Å². The largest absolute Gasteiger partial charge is 0.490 e. The fourth-order valence-electron chi connectivity index (χ4n) is 2.27. The van der Waals surface area contributed by atoms with E-state index in [4.69, 9.17) is 9.47 Å². The second-order valence-corrected chi connectivity index (χ2v) is 4.76. The first-order valence-corrected chi connectivity index (χ1v) is 7.15. The van der Waals surface area contributed by atoms with E-state index in [-0.39, 0.29) is 6.61 Å². The molecule has 2 rings (SSSR count). The number of aliphatic hydroxyl groups is 1. The Balaban J connectivity index is 1.99. The molecule has 0 spiro atoms. The van der Waals surface area contributed by atoms with Crippen molar-refractivity contribution >= 4 is 0 Å². The molecule has 0 saturated heterocycles. The molecule has 1 N–H and O–H groups in total. The van der Waals surface area contributed by atoms with E-state index in [0.29, 0.717) is 19.8 Å². The Morgan fingerprint density at radius 2 is 1.81 bits per heavy atom. The molecule has 0 unspecified atom stereocenters. The molecule has 21 heavy (non-hydrogen) atoms. The molecule has 1 aromatic carbocycles. The zero-order valence-electron chi connectivity index (χ0n) is 12.8. The van der Waals surface area contributed by atoms with Gasteiger partial charge in [0, 0.05) is 11.3 Å². The molecule has 2 aromatic rings. The standard InChI is InChI=1S/C16H22N2O3/c1-4-20-15-7-5-6-8-16(15)21-10-9-18-13(3)14(11-19)12(2)17-18/h5-8,19H,4,9-11H2,1-3H3. The van der Waals surface area contributed by atoms with Crippen LogP contribution in [0, 0.1) is 13.8 Å². The van der Waals surface area contributed by atoms with Crippen LogP contribution in [0.4, 0.5) is 0 Å². The number of benzene rings is 1. The van der Waals surface area contributed by atoms with Crippen molar-refractivity contribution in [2.75, 3.05) is 13.2 Å². The minimum absolute atomic E-state index is 0.0195. The lowest BCUT2D eigenvalue weighted by atomic mass is 10.2. The van der Waals surface area contributed by atoms with Crippen LogP contribution in [0.5, 0.6) is 11.5 Å². The predicted octanol–water partition coefficient (Wildman–Crippen LogP) is 2.47. The first kappa shape index (κ1) is 15.4. The number of hydrogen-bond donors (Lipinski definition) is 1. The van der Waals surface area contributed by atoms with E-state index >= 15 is 0 Å². The number of aliphatic hydroxyl groups excluding tert-OH is 1. The van der Waals surface area contributed by atoms with E-state index < -0.39 is 0 Å². The Hall–Kier alpha value is -2.01. The summed E-state index contributed by atoms with van der Waals surface area (Å²) in [6.07, 6.45) is 0. The van der Waals surface area contributed by atoms with Gasteiger partial charge in [0.1, 0.15) is 6.61 Å². The van der Waals surface area contributed by atoms with Gasteiger partial charge in [-0.05, 0) is 32.9 Å². The van der Waals surface area contributed by atoms with Gasteiger partial charge in [-0.15, -0.1) is 0 Å². The van der Waals surface area contributed by atoms with Gasteiger partial charge in [0.05, 0.1) is 25.5 Å². The Morgan fingerprint density at radius 1 is 1.14 bits per heavy atom. The van der Waals surface area contributed by atoms with Gasteiger partial charge < -0.3 is 14.6 Å². The molecule has 0 bridgehead atoms. The Labute approximate surface area is 125 Å². The van der Waals surface area contributed by atoms with Crippen molar-refractivity contribution in [1.82, 2.24) is 9.78 Å². The molecule has 0 atom stereocenters. The lowest BCUT2D eigenvalue weighted by Gasteiger charge is -2.12. The molecule has 0 amide bonds. The maximum absolute atomic E-state index is 9.31. The summed E-state index contributed by atoms with van der Waals surface area (Å²) in [6.45, 7) is 7.57. The number of aryl methyl sites for hydroxylation is 1. The van der Waals surface area contributed by atoms with Gasteiger partial charge in [-0.3, -0.25) is 4.68 Å². The van der Waals surface area contributed by atoms with Crippen molar-refractivity contribution in [2.24, 2.45) is 0 Å². The molecule has 0 saturated carbocycles. The lowest BCUT2D eigenvalue weighted by Crippen LogP contribution is -2.11. The number of rotatable bonds is 7. The molecule has 5 nitrogen and oxygen atoms in total. The van der Waals surface area contributed by atoms with Crippen molar-refractivity contribution in [3.63, 3.8) is 0 Å². The number of para-hydroxylation sites is 2. The van der Waals surface area contributed by atoms with Gasteiger partial charge in [-0.1, -0.05) is 12.1 Å². The second-order valence-electron chi connectivity index (χ2n) is 4.76. The van der Waals surface area contributed by atoms with Crippen molar-refractivity contribution < 1.29 is 14.6 Å². The molecule has 114 valence electrons. The van der Waals surface area contributed by atoms with Crippen LogP contribution in [0.25, 0.3) is 0 Å². The van der Waals surface area contributed by atoms with E-state index in [9.17, 15) is 5.11 Å². The van der Waals surface area contributed by atoms with E-state index in [1.807, 2.05) is 49.7 Å². The zero-order valence-corrected chi connectivity index (χ0v) is 12.8. The summed E-state index contributed by atoms with van der Waals surface area (Å²) in [5, 5.41) is 13.7. The van der Waals surface area contributed by atoms with E-state index in [1.165, 1.54) is 0 Å². The first-order chi connectivity index (χ1) is 10.2. The average Bonchev–Trinajstić information content (AvgIpc) is 2.75. The molecule has 0 aliphatic rings. The van der Waals surface area contributed by atoms with Crippen molar-refractivity contribution in [2.45, 2.75) is 33.9 Å². The molecule has 0 aliphatic carbocycles. The van der Waals surface area contributed by atoms with Crippen molar-refractivity contribution in [3.05, 3.63) is 41.2 Å². The van der Waals surface area contributed by atoms with Crippen LogP contribution in [0.3, 0.4) is 0 Å². The molecule has 0 radical (unpaired) electrons. The normalized spacial score (nSPS) is 10.7. The maximum atomic E-state index is 9.31. The van der Waals surface area contributed by atoms with Gasteiger partial charge in [0.25, 0.3) is 0 Å². The fourth-order valence-corrected chi connectivity index (χ4v) is 2.27. The molecule has 0 aliphatic heterocycles. The number of ether oxygens (including phenoxy) is 2. The number of aromatic nitrogens is 2. The third-order valence-electron chi connectivity index (χ3n) is 3.40. The van der Waals surface area contributed by atoms with Gasteiger partial charge >= 0.3 is 0 Å². The third kappa shape index (κ3) is 3.55. The monoisotopic (exact) mass is 290 g/mol. The molecule has 5 heteroatoms. The summed E-state index contributed by atoms with van der Waals surface area (Å²) in [5.74, 6) is 1.49. The zero-order chi connectivity index (χ0) is 15.2. The van der Waals surface area contributed by atoms with Gasteiger partial charge in [0.2, 0.25) is 0 Å². The first-order valence-electron chi connectivity index (χ1n) is 7.15. The Morgan fingerprint density at radius 3 is 2.38 bits per heavy atom. The highest BCUT2D eigenvalue weighted by Gasteiger charge is 2.10. The third-order valence-corrected chi connectivity index (χ3v) is 3.40. The molecular weight excluding hydrogens is 268 g/mol. The summed E-state index contributed by atoms with van der Waals surface area (Å²) >= 11 is 0. The quantitative estimate of drug-likeness (QED) is 0.851. The Kier molecular flexibility index (Phi) is 5.22. The van der Waals surface area contributed by atoms with E-state index in [1.54, 1.807) is 0 Å². The highest BCUT2D eigenvalue weighted by molar-refractivity contribution is 5.39. The van der Waals surface area contributed by atoms with E-state index in [0.717, 1.165) is 28.5 Å². The predicted molar refractivity (Wildman–Crippen MR) is 80.7 cm³/mol. The summed E-state index contributed by atoms with van der Waals surface area (Å²) in [6, 6.07) is 7.63. The summed E-state index contributed by atoms with van der Waals surface area (Å²) in [4.78, 5) is 0. The highest BCUT2D eigenvalue weighted by Crippen LogP contribution is 2.26. The second kappa shape index (κ2) is 7.13. The maximum Gasteiger partial charge on any atom is 0.161 e. The van der Waals surface area contributed by atoms with Gasteiger partial charge in [-0.2, -0.15) is 5.10 Å². The SMILES string of the molecule is CCOc1ccccc1OCCn1nc(C)c(CO)c1C. The van der Waals surface area contributed by atoms with Crippen molar-refractivity contribution in [3.8, 4) is 11.5 Å².